The molecular formula is C10H13NO. The molecule has 0 aromatic rings. The van der Waals surface area contributed by atoms with E-state index in [9.17, 15) is 4.79 Å². The Kier molecular flexibility index (Phi) is 3.04. The van der Waals surface area contributed by atoms with Crippen molar-refractivity contribution in [3.8, 4) is 6.07 Å². The van der Waals surface area contributed by atoms with E-state index in [4.69, 9.17) is 5.26 Å². The molecule has 64 valence electrons. The number of rotatable bonds is 3. The molecule has 1 saturated carbocycles. The van der Waals surface area contributed by atoms with Gasteiger partial charge in [0.05, 0.1) is 12.0 Å². The van der Waals surface area contributed by atoms with Crippen LogP contribution in [0.1, 0.15) is 25.7 Å². The second-order valence-electron chi connectivity index (χ2n) is 3.30. The van der Waals surface area contributed by atoms with Crippen molar-refractivity contribution in [3.05, 3.63) is 12.7 Å². The minimum atomic E-state index is 0.00829. The maximum atomic E-state index is 10.9. The van der Waals surface area contributed by atoms with Crippen molar-refractivity contribution in [3.63, 3.8) is 0 Å². The van der Waals surface area contributed by atoms with Crippen LogP contribution < -0.4 is 0 Å². The Bertz CT molecular complexity index is 226. The number of Topliss-reactive ketones (excluding diaryl/α,β-unsaturated/α-hetero) is 1. The topological polar surface area (TPSA) is 40.9 Å². The Morgan fingerprint density at radius 2 is 2.58 bits per heavy atom. The van der Waals surface area contributed by atoms with Gasteiger partial charge in [-0.1, -0.05) is 6.08 Å². The zero-order chi connectivity index (χ0) is 8.97. The van der Waals surface area contributed by atoms with Gasteiger partial charge in [-0.15, -0.1) is 6.58 Å². The fraction of sp³-hybridized carbons (Fsp3) is 0.600. The lowest BCUT2D eigenvalue weighted by Gasteiger charge is -2.12. The third-order valence-corrected chi connectivity index (χ3v) is 2.44. The summed E-state index contributed by atoms with van der Waals surface area (Å²) >= 11 is 0. The van der Waals surface area contributed by atoms with E-state index in [0.29, 0.717) is 31.0 Å². The third-order valence-electron chi connectivity index (χ3n) is 2.44. The number of allylic oxidation sites excluding steroid dienone is 1. The van der Waals surface area contributed by atoms with Crippen LogP contribution in [0, 0.1) is 23.2 Å². The highest BCUT2D eigenvalue weighted by Crippen LogP contribution is 2.30. The molecule has 1 fully saturated rings. The minimum Gasteiger partial charge on any atom is -0.300 e. The normalized spacial score (nSPS) is 24.9. The van der Waals surface area contributed by atoms with Crippen LogP contribution in [0.5, 0.6) is 0 Å². The largest absolute Gasteiger partial charge is 0.300 e. The summed E-state index contributed by atoms with van der Waals surface area (Å²) in [6, 6.07) is 2.24. The monoisotopic (exact) mass is 163 g/mol. The Morgan fingerprint density at radius 1 is 1.83 bits per heavy atom. The molecule has 2 nitrogen and oxygen atoms in total. The summed E-state index contributed by atoms with van der Waals surface area (Å²) in [6.45, 7) is 3.60. The first-order chi connectivity index (χ1) is 5.77. The van der Waals surface area contributed by atoms with Gasteiger partial charge >= 0.3 is 0 Å². The van der Waals surface area contributed by atoms with Gasteiger partial charge < -0.3 is 0 Å². The molecule has 0 saturated heterocycles. The molecule has 1 aliphatic rings. The molecule has 0 radical (unpaired) electrons. The van der Waals surface area contributed by atoms with Gasteiger partial charge in [-0.2, -0.15) is 5.26 Å². The molecule has 0 aliphatic heterocycles. The van der Waals surface area contributed by atoms with Crippen LogP contribution in [0.15, 0.2) is 12.7 Å². The Labute approximate surface area is 72.9 Å². The minimum absolute atomic E-state index is 0.00829. The highest BCUT2D eigenvalue weighted by molar-refractivity contribution is 5.80. The second-order valence-corrected chi connectivity index (χ2v) is 3.30. The van der Waals surface area contributed by atoms with Crippen molar-refractivity contribution in [2.75, 3.05) is 0 Å². The summed E-state index contributed by atoms with van der Waals surface area (Å²) in [4.78, 5) is 10.9. The summed E-state index contributed by atoms with van der Waals surface area (Å²) in [6.07, 6.45) is 4.64. The number of carbonyl (C=O) groups is 1. The van der Waals surface area contributed by atoms with Crippen LogP contribution in [-0.2, 0) is 4.79 Å². The highest BCUT2D eigenvalue weighted by Gasteiger charge is 2.28. The van der Waals surface area contributed by atoms with Crippen LogP contribution in [-0.4, -0.2) is 5.78 Å². The quantitative estimate of drug-likeness (QED) is 0.597. The van der Waals surface area contributed by atoms with Crippen molar-refractivity contribution in [1.29, 1.82) is 5.26 Å². The summed E-state index contributed by atoms with van der Waals surface area (Å²) in [5.74, 6) is 0.610. The molecule has 0 amide bonds. The van der Waals surface area contributed by atoms with Crippen LogP contribution in [0.3, 0.4) is 0 Å². The van der Waals surface area contributed by atoms with E-state index >= 15 is 0 Å². The second kappa shape index (κ2) is 4.06. The highest BCUT2D eigenvalue weighted by atomic mass is 16.1. The van der Waals surface area contributed by atoms with Gasteiger partial charge in [-0.3, -0.25) is 4.79 Å². The van der Waals surface area contributed by atoms with Gasteiger partial charge in [-0.05, 0) is 18.8 Å². The summed E-state index contributed by atoms with van der Waals surface area (Å²) in [7, 11) is 0. The van der Waals surface area contributed by atoms with E-state index in [1.165, 1.54) is 0 Å². The number of hydrogen-bond donors (Lipinski definition) is 0. The molecule has 1 aliphatic carbocycles. The van der Waals surface area contributed by atoms with Gasteiger partial charge in [0.2, 0.25) is 0 Å². The van der Waals surface area contributed by atoms with Crippen molar-refractivity contribution >= 4 is 5.78 Å². The molecule has 0 aromatic carbocycles. The van der Waals surface area contributed by atoms with Gasteiger partial charge in [-0.25, -0.2) is 0 Å². The molecule has 1 rings (SSSR count). The first-order valence-electron chi connectivity index (χ1n) is 4.30. The zero-order valence-corrected chi connectivity index (χ0v) is 7.12. The SMILES string of the molecule is C=CCC(C#N)C1CCC(=O)C1. The average molecular weight is 163 g/mol. The van der Waals surface area contributed by atoms with Crippen molar-refractivity contribution in [1.82, 2.24) is 0 Å². The predicted octanol–water partition coefficient (Wildman–Crippen LogP) is 2.07. The Balaban J connectivity index is 2.50. The van der Waals surface area contributed by atoms with Gasteiger partial charge in [0, 0.05) is 12.8 Å². The van der Waals surface area contributed by atoms with E-state index in [0.717, 1.165) is 6.42 Å². The molecule has 2 atom stereocenters. The maximum Gasteiger partial charge on any atom is 0.133 e. The summed E-state index contributed by atoms with van der Waals surface area (Å²) < 4.78 is 0. The zero-order valence-electron chi connectivity index (χ0n) is 7.12. The summed E-state index contributed by atoms with van der Waals surface area (Å²) in [5.41, 5.74) is 0. The van der Waals surface area contributed by atoms with Gasteiger partial charge in [0.25, 0.3) is 0 Å². The van der Waals surface area contributed by atoms with Crippen LogP contribution in [0.4, 0.5) is 0 Å². The molecule has 0 bridgehead atoms. The lowest BCUT2D eigenvalue weighted by Crippen LogP contribution is -2.09. The van der Waals surface area contributed by atoms with Crippen LogP contribution in [0.25, 0.3) is 0 Å². The van der Waals surface area contributed by atoms with Gasteiger partial charge in [0.1, 0.15) is 5.78 Å². The third kappa shape index (κ3) is 1.94. The average Bonchev–Trinajstić information content (AvgIpc) is 2.47. The van der Waals surface area contributed by atoms with Crippen molar-refractivity contribution < 1.29 is 4.79 Å². The molecule has 0 spiro atoms. The van der Waals surface area contributed by atoms with Crippen LogP contribution in [0.2, 0.25) is 0 Å². The number of ketones is 1. The molecule has 12 heavy (non-hydrogen) atoms. The van der Waals surface area contributed by atoms with E-state index in [-0.39, 0.29) is 5.92 Å². The molecule has 0 N–H and O–H groups in total. The Hall–Kier alpha value is -1.10. The van der Waals surface area contributed by atoms with Crippen molar-refractivity contribution in [2.45, 2.75) is 25.7 Å². The first-order valence-corrected chi connectivity index (χ1v) is 4.30. The number of nitrogens with zero attached hydrogens (tertiary/aromatic N) is 1. The fourth-order valence-corrected chi connectivity index (χ4v) is 1.72. The number of hydrogen-bond acceptors (Lipinski definition) is 2. The van der Waals surface area contributed by atoms with Crippen molar-refractivity contribution in [2.24, 2.45) is 11.8 Å². The fourth-order valence-electron chi connectivity index (χ4n) is 1.72. The van der Waals surface area contributed by atoms with E-state index in [1.54, 1.807) is 6.08 Å². The lowest BCUT2D eigenvalue weighted by atomic mass is 9.89. The molecular weight excluding hydrogens is 150 g/mol. The summed E-state index contributed by atoms with van der Waals surface area (Å²) in [5, 5.41) is 8.79. The Morgan fingerprint density at radius 3 is 3.00 bits per heavy atom. The van der Waals surface area contributed by atoms with Gasteiger partial charge in [0.15, 0.2) is 0 Å². The molecule has 0 aromatic heterocycles. The predicted molar refractivity (Wildman–Crippen MR) is 46.3 cm³/mol. The molecule has 2 heteroatoms. The van der Waals surface area contributed by atoms with Crippen LogP contribution >= 0.6 is 0 Å². The van der Waals surface area contributed by atoms with E-state index < -0.39 is 0 Å². The van der Waals surface area contributed by atoms with E-state index in [1.807, 2.05) is 0 Å². The molecule has 2 unspecified atom stereocenters. The molecule has 0 heterocycles. The standard InChI is InChI=1S/C10H13NO/c1-2-3-9(7-11)8-4-5-10(12)6-8/h2,8-9H,1,3-6H2. The van der Waals surface area contributed by atoms with E-state index in [2.05, 4.69) is 12.6 Å². The number of carbonyl (C=O) groups excluding carboxylic acids is 1. The number of nitriles is 1. The first kappa shape index (κ1) is 8.99. The lowest BCUT2D eigenvalue weighted by molar-refractivity contribution is -0.117. The maximum absolute atomic E-state index is 10.9. The smallest absolute Gasteiger partial charge is 0.133 e.